The van der Waals surface area contributed by atoms with Crippen molar-refractivity contribution in [3.8, 4) is 0 Å². The van der Waals surface area contributed by atoms with E-state index in [4.69, 9.17) is 0 Å². The Bertz CT molecular complexity index is 873. The molecule has 1 N–H and O–H groups in total. The molecule has 2 aliphatic rings. The van der Waals surface area contributed by atoms with Gasteiger partial charge < -0.3 is 10.2 Å². The van der Waals surface area contributed by atoms with Crippen molar-refractivity contribution in [2.45, 2.75) is 50.0 Å². The lowest BCUT2D eigenvalue weighted by Crippen LogP contribution is -2.46. The van der Waals surface area contributed by atoms with E-state index in [9.17, 15) is 9.59 Å². The molecule has 27 heavy (non-hydrogen) atoms. The lowest BCUT2D eigenvalue weighted by atomic mass is 9.73. The number of nitrogens with zero attached hydrogens (tertiary/aromatic N) is 1. The van der Waals surface area contributed by atoms with Crippen LogP contribution in [-0.4, -0.2) is 24.4 Å². The van der Waals surface area contributed by atoms with Crippen LogP contribution in [0.3, 0.4) is 0 Å². The molecule has 1 atom stereocenters. The van der Waals surface area contributed by atoms with Crippen LogP contribution in [0, 0.1) is 0 Å². The van der Waals surface area contributed by atoms with Crippen molar-refractivity contribution in [3.63, 3.8) is 0 Å². The lowest BCUT2D eigenvalue weighted by molar-refractivity contribution is -0.130. The fourth-order valence-electron chi connectivity index (χ4n) is 4.40. The van der Waals surface area contributed by atoms with Crippen LogP contribution in [0.4, 0.5) is 5.69 Å². The number of carbonyl (C=O) groups is 2. The van der Waals surface area contributed by atoms with Gasteiger partial charge in [0.1, 0.15) is 0 Å². The Morgan fingerprint density at radius 2 is 1.74 bits per heavy atom. The third-order valence-electron chi connectivity index (χ3n) is 6.24. The first-order valence-electron chi connectivity index (χ1n) is 9.72. The minimum atomic E-state index is -0.847. The highest BCUT2D eigenvalue weighted by atomic mass is 16.2. The Labute approximate surface area is 160 Å². The van der Waals surface area contributed by atoms with E-state index in [-0.39, 0.29) is 23.8 Å². The zero-order valence-electron chi connectivity index (χ0n) is 16.0. The number of nitrogens with one attached hydrogen (secondary N) is 1. The van der Waals surface area contributed by atoms with Gasteiger partial charge in [-0.2, -0.15) is 0 Å². The monoisotopic (exact) mass is 362 g/mol. The first-order chi connectivity index (χ1) is 13.0. The smallest absolute Gasteiger partial charge is 0.238 e. The van der Waals surface area contributed by atoms with Gasteiger partial charge in [0, 0.05) is 24.7 Å². The normalized spacial score (nSPS) is 22.4. The van der Waals surface area contributed by atoms with E-state index in [1.54, 1.807) is 11.9 Å². The average molecular weight is 362 g/mol. The molecule has 2 aromatic rings. The molecule has 0 bridgehead atoms. The van der Waals surface area contributed by atoms with Crippen molar-refractivity contribution >= 4 is 17.5 Å². The molecule has 2 aromatic carbocycles. The third kappa shape index (κ3) is 3.03. The summed E-state index contributed by atoms with van der Waals surface area (Å²) in [5, 5.41) is 3.21. The summed E-state index contributed by atoms with van der Waals surface area (Å²) in [5.74, 6) is -0.0206. The highest BCUT2D eigenvalue weighted by Crippen LogP contribution is 2.46. The Morgan fingerprint density at radius 3 is 2.41 bits per heavy atom. The van der Waals surface area contributed by atoms with E-state index >= 15 is 0 Å². The minimum absolute atomic E-state index is 0.00375. The maximum absolute atomic E-state index is 13.4. The number of para-hydroxylation sites is 1. The molecule has 0 aromatic heterocycles. The average Bonchev–Trinajstić information content (AvgIpc) is 3.43. The van der Waals surface area contributed by atoms with Gasteiger partial charge in [-0.3, -0.25) is 9.59 Å². The second-order valence-corrected chi connectivity index (χ2v) is 7.98. The molecule has 4 rings (SSSR count). The van der Waals surface area contributed by atoms with Gasteiger partial charge in [-0.15, -0.1) is 0 Å². The topological polar surface area (TPSA) is 49.4 Å². The number of anilines is 1. The summed E-state index contributed by atoms with van der Waals surface area (Å²) in [5.41, 5.74) is 2.04. The van der Waals surface area contributed by atoms with Gasteiger partial charge >= 0.3 is 0 Å². The molecule has 1 aliphatic carbocycles. The summed E-state index contributed by atoms with van der Waals surface area (Å²) in [6.45, 7) is 2.11. The van der Waals surface area contributed by atoms with Crippen molar-refractivity contribution in [1.29, 1.82) is 0 Å². The molecule has 140 valence electrons. The molecule has 1 aliphatic heterocycles. The maximum Gasteiger partial charge on any atom is 0.238 e. The van der Waals surface area contributed by atoms with Crippen LogP contribution in [0.2, 0.25) is 0 Å². The third-order valence-corrected chi connectivity index (χ3v) is 6.24. The zero-order chi connectivity index (χ0) is 19.1. The van der Waals surface area contributed by atoms with Gasteiger partial charge in [-0.05, 0) is 42.9 Å². The molecular weight excluding hydrogens is 336 g/mol. The van der Waals surface area contributed by atoms with Crippen LogP contribution in [0.1, 0.15) is 43.7 Å². The van der Waals surface area contributed by atoms with E-state index in [1.807, 2.05) is 54.6 Å². The zero-order valence-corrected chi connectivity index (χ0v) is 16.0. The molecule has 0 radical (unpaired) electrons. The summed E-state index contributed by atoms with van der Waals surface area (Å²) in [6.07, 6.45) is 3.72. The summed E-state index contributed by atoms with van der Waals surface area (Å²) >= 11 is 0. The highest BCUT2D eigenvalue weighted by molar-refractivity contribution is 6.10. The predicted octanol–water partition coefficient (Wildman–Crippen LogP) is 3.59. The second kappa shape index (κ2) is 6.52. The van der Waals surface area contributed by atoms with Crippen LogP contribution in [0.5, 0.6) is 0 Å². The van der Waals surface area contributed by atoms with E-state index in [0.717, 1.165) is 36.1 Å². The maximum atomic E-state index is 13.4. The van der Waals surface area contributed by atoms with Crippen molar-refractivity contribution in [1.82, 2.24) is 5.32 Å². The summed E-state index contributed by atoms with van der Waals surface area (Å²) in [4.78, 5) is 28.1. The molecule has 4 heteroatoms. The summed E-state index contributed by atoms with van der Waals surface area (Å²) in [7, 11) is 1.81. The minimum Gasteiger partial charge on any atom is -0.351 e. The molecule has 2 amide bonds. The Kier molecular flexibility index (Phi) is 4.29. The number of amides is 2. The standard InChI is InChI=1S/C23H26N2O2/c1-3-22(13-14-22)24-20(26)16-23(15-17-9-5-4-6-10-17)18-11-7-8-12-19(18)25(2)21(23)27/h4-12H,3,13-16H2,1-2H3,(H,24,26). The number of fused-ring (bicyclic) bond motifs is 1. The molecule has 0 spiro atoms. The first kappa shape index (κ1) is 17.8. The lowest BCUT2D eigenvalue weighted by Gasteiger charge is -2.29. The molecule has 1 saturated carbocycles. The van der Waals surface area contributed by atoms with Crippen LogP contribution < -0.4 is 10.2 Å². The Hall–Kier alpha value is -2.62. The van der Waals surface area contributed by atoms with Gasteiger partial charge in [0.05, 0.1) is 5.41 Å². The molecule has 4 nitrogen and oxygen atoms in total. The number of benzene rings is 2. The van der Waals surface area contributed by atoms with Gasteiger partial charge in [-0.1, -0.05) is 55.5 Å². The van der Waals surface area contributed by atoms with E-state index < -0.39 is 5.41 Å². The van der Waals surface area contributed by atoms with Crippen LogP contribution in [0.15, 0.2) is 54.6 Å². The van der Waals surface area contributed by atoms with Gasteiger partial charge in [0.15, 0.2) is 0 Å². The Balaban J connectivity index is 1.72. The van der Waals surface area contributed by atoms with E-state index in [1.165, 1.54) is 0 Å². The molecule has 1 unspecified atom stereocenters. The SMILES string of the molecule is CCC1(NC(=O)CC2(Cc3ccccc3)C(=O)N(C)c3ccccc32)CC1. The van der Waals surface area contributed by atoms with Crippen molar-refractivity contribution < 1.29 is 9.59 Å². The van der Waals surface area contributed by atoms with Gasteiger partial charge in [0.2, 0.25) is 11.8 Å². The quantitative estimate of drug-likeness (QED) is 0.854. The van der Waals surface area contributed by atoms with E-state index in [0.29, 0.717) is 6.42 Å². The summed E-state index contributed by atoms with van der Waals surface area (Å²) in [6, 6.07) is 17.9. The first-order valence-corrected chi connectivity index (χ1v) is 9.72. The van der Waals surface area contributed by atoms with Crippen LogP contribution >= 0.6 is 0 Å². The summed E-state index contributed by atoms with van der Waals surface area (Å²) < 4.78 is 0. The van der Waals surface area contributed by atoms with Crippen LogP contribution in [0.25, 0.3) is 0 Å². The number of rotatable bonds is 6. The van der Waals surface area contributed by atoms with Crippen molar-refractivity contribution in [2.24, 2.45) is 0 Å². The fourth-order valence-corrected chi connectivity index (χ4v) is 4.40. The Morgan fingerprint density at radius 1 is 1.07 bits per heavy atom. The van der Waals surface area contributed by atoms with Gasteiger partial charge in [0.25, 0.3) is 0 Å². The number of likely N-dealkylation sites (N-methyl/N-ethyl adjacent to an activating group) is 1. The predicted molar refractivity (Wildman–Crippen MR) is 107 cm³/mol. The van der Waals surface area contributed by atoms with Crippen LogP contribution in [-0.2, 0) is 21.4 Å². The highest BCUT2D eigenvalue weighted by Gasteiger charge is 2.52. The largest absolute Gasteiger partial charge is 0.351 e. The second-order valence-electron chi connectivity index (χ2n) is 7.98. The molecule has 1 fully saturated rings. The van der Waals surface area contributed by atoms with Crippen molar-refractivity contribution in [2.75, 3.05) is 11.9 Å². The van der Waals surface area contributed by atoms with Gasteiger partial charge in [-0.25, -0.2) is 0 Å². The van der Waals surface area contributed by atoms with E-state index in [2.05, 4.69) is 12.2 Å². The fraction of sp³-hybridized carbons (Fsp3) is 0.391. The van der Waals surface area contributed by atoms with Crippen molar-refractivity contribution in [3.05, 3.63) is 65.7 Å². The molecule has 0 saturated heterocycles. The number of hydrogen-bond donors (Lipinski definition) is 1. The molecular formula is C23H26N2O2. The number of hydrogen-bond acceptors (Lipinski definition) is 2. The number of carbonyl (C=O) groups excluding carboxylic acids is 2. The molecule has 1 heterocycles.